The molecule has 0 saturated heterocycles. The fourth-order valence-electron chi connectivity index (χ4n) is 1.87. The molecule has 86 valence electrons. The molecule has 1 aliphatic carbocycles. The molecule has 0 saturated carbocycles. The van der Waals surface area contributed by atoms with Gasteiger partial charge in [0.1, 0.15) is 0 Å². The van der Waals surface area contributed by atoms with Crippen LogP contribution in [0.5, 0.6) is 0 Å². The van der Waals surface area contributed by atoms with Crippen molar-refractivity contribution in [3.63, 3.8) is 0 Å². The number of hydrogen-bond acceptors (Lipinski definition) is 2. The summed E-state index contributed by atoms with van der Waals surface area (Å²) in [6, 6.07) is 0. The molecule has 0 aromatic heterocycles. The second kappa shape index (κ2) is 6.65. The first-order chi connectivity index (χ1) is 7.26. The Balaban J connectivity index is 2.15. The van der Waals surface area contributed by atoms with Crippen LogP contribution in [0, 0.1) is 11.8 Å². The summed E-state index contributed by atoms with van der Waals surface area (Å²) in [4.78, 5) is 11.5. The molecule has 15 heavy (non-hydrogen) atoms. The third kappa shape index (κ3) is 4.50. The minimum absolute atomic E-state index is 0.0292. The first-order valence-corrected chi connectivity index (χ1v) is 6.08. The summed E-state index contributed by atoms with van der Waals surface area (Å²) in [7, 11) is 0. The Morgan fingerprint density at radius 1 is 1.47 bits per heavy atom. The van der Waals surface area contributed by atoms with E-state index in [1.807, 2.05) is 0 Å². The summed E-state index contributed by atoms with van der Waals surface area (Å²) in [5.41, 5.74) is 0. The fraction of sp³-hybridized carbons (Fsp3) is 0.769. The standard InChI is InChI=1S/C13H22O2/c1-3-11(4-2)10-15-13(14)9-12-7-5-6-8-12/h5,7,11-12H,3-4,6,8-10H2,1-2H3. The van der Waals surface area contributed by atoms with Crippen LogP contribution in [0.15, 0.2) is 12.2 Å². The zero-order chi connectivity index (χ0) is 11.1. The molecule has 0 aromatic carbocycles. The topological polar surface area (TPSA) is 26.3 Å². The van der Waals surface area contributed by atoms with Gasteiger partial charge in [-0.25, -0.2) is 0 Å². The lowest BCUT2D eigenvalue weighted by Gasteiger charge is -2.13. The van der Waals surface area contributed by atoms with Crippen molar-refractivity contribution in [1.82, 2.24) is 0 Å². The Bertz CT molecular complexity index is 217. The second-order valence-electron chi connectivity index (χ2n) is 4.34. The van der Waals surface area contributed by atoms with Crippen molar-refractivity contribution in [1.29, 1.82) is 0 Å². The van der Waals surface area contributed by atoms with Gasteiger partial charge in [-0.3, -0.25) is 4.79 Å². The second-order valence-corrected chi connectivity index (χ2v) is 4.34. The third-order valence-electron chi connectivity index (χ3n) is 3.18. The van der Waals surface area contributed by atoms with E-state index in [-0.39, 0.29) is 5.97 Å². The molecule has 2 nitrogen and oxygen atoms in total. The smallest absolute Gasteiger partial charge is 0.306 e. The maximum Gasteiger partial charge on any atom is 0.306 e. The summed E-state index contributed by atoms with van der Waals surface area (Å²) in [6.07, 6.45) is 9.26. The molecule has 1 aliphatic rings. The van der Waals surface area contributed by atoms with Crippen LogP contribution < -0.4 is 0 Å². The van der Waals surface area contributed by atoms with E-state index >= 15 is 0 Å². The number of carbonyl (C=O) groups excluding carboxylic acids is 1. The fourth-order valence-corrected chi connectivity index (χ4v) is 1.87. The average molecular weight is 210 g/mol. The lowest BCUT2D eigenvalue weighted by molar-refractivity contribution is -0.145. The maximum atomic E-state index is 11.5. The van der Waals surface area contributed by atoms with Gasteiger partial charge in [0.15, 0.2) is 0 Å². The van der Waals surface area contributed by atoms with Gasteiger partial charge in [-0.2, -0.15) is 0 Å². The van der Waals surface area contributed by atoms with Crippen molar-refractivity contribution in [2.24, 2.45) is 11.8 Å². The van der Waals surface area contributed by atoms with Crippen molar-refractivity contribution in [3.05, 3.63) is 12.2 Å². The highest BCUT2D eigenvalue weighted by Gasteiger charge is 2.15. The number of esters is 1. The summed E-state index contributed by atoms with van der Waals surface area (Å²) in [5.74, 6) is 0.936. The van der Waals surface area contributed by atoms with Crippen molar-refractivity contribution in [3.8, 4) is 0 Å². The minimum atomic E-state index is -0.0292. The van der Waals surface area contributed by atoms with Gasteiger partial charge >= 0.3 is 5.97 Å². The minimum Gasteiger partial charge on any atom is -0.465 e. The largest absolute Gasteiger partial charge is 0.465 e. The van der Waals surface area contributed by atoms with Gasteiger partial charge in [0.2, 0.25) is 0 Å². The van der Waals surface area contributed by atoms with E-state index in [2.05, 4.69) is 26.0 Å². The predicted molar refractivity (Wildman–Crippen MR) is 61.5 cm³/mol. The molecule has 2 heteroatoms. The Labute approximate surface area is 92.7 Å². The number of carbonyl (C=O) groups is 1. The van der Waals surface area contributed by atoms with E-state index in [1.165, 1.54) is 0 Å². The monoisotopic (exact) mass is 210 g/mol. The molecule has 1 atom stereocenters. The Hall–Kier alpha value is -0.790. The van der Waals surface area contributed by atoms with Crippen LogP contribution in [0.25, 0.3) is 0 Å². The lowest BCUT2D eigenvalue weighted by atomic mass is 10.0. The number of ether oxygens (including phenoxy) is 1. The van der Waals surface area contributed by atoms with Gasteiger partial charge in [0.25, 0.3) is 0 Å². The van der Waals surface area contributed by atoms with Crippen LogP contribution in [-0.2, 0) is 9.53 Å². The molecule has 1 unspecified atom stereocenters. The van der Waals surface area contributed by atoms with E-state index in [1.54, 1.807) is 0 Å². The first kappa shape index (κ1) is 12.3. The van der Waals surface area contributed by atoms with E-state index in [0.29, 0.717) is 24.9 Å². The lowest BCUT2D eigenvalue weighted by Crippen LogP contribution is -2.15. The highest BCUT2D eigenvalue weighted by molar-refractivity contribution is 5.70. The highest BCUT2D eigenvalue weighted by atomic mass is 16.5. The Kier molecular flexibility index (Phi) is 5.44. The van der Waals surface area contributed by atoms with Gasteiger partial charge < -0.3 is 4.74 Å². The van der Waals surface area contributed by atoms with Crippen LogP contribution in [-0.4, -0.2) is 12.6 Å². The van der Waals surface area contributed by atoms with Gasteiger partial charge in [0.05, 0.1) is 13.0 Å². The molecular weight excluding hydrogens is 188 g/mol. The quantitative estimate of drug-likeness (QED) is 0.496. The van der Waals surface area contributed by atoms with E-state index in [9.17, 15) is 4.79 Å². The van der Waals surface area contributed by atoms with Crippen molar-refractivity contribution >= 4 is 5.97 Å². The van der Waals surface area contributed by atoms with Gasteiger partial charge in [0, 0.05) is 0 Å². The van der Waals surface area contributed by atoms with Crippen molar-refractivity contribution in [2.75, 3.05) is 6.61 Å². The predicted octanol–water partition coefficient (Wildman–Crippen LogP) is 3.32. The highest BCUT2D eigenvalue weighted by Crippen LogP contribution is 2.21. The zero-order valence-corrected chi connectivity index (χ0v) is 9.87. The molecule has 0 radical (unpaired) electrons. The normalized spacial score (nSPS) is 19.8. The molecule has 0 aromatic rings. The van der Waals surface area contributed by atoms with Gasteiger partial charge in [-0.15, -0.1) is 0 Å². The van der Waals surface area contributed by atoms with E-state index in [4.69, 9.17) is 4.74 Å². The van der Waals surface area contributed by atoms with Crippen molar-refractivity contribution < 1.29 is 9.53 Å². The van der Waals surface area contributed by atoms with Crippen LogP contribution in [0.4, 0.5) is 0 Å². The summed E-state index contributed by atoms with van der Waals surface area (Å²) >= 11 is 0. The van der Waals surface area contributed by atoms with Gasteiger partial charge in [-0.1, -0.05) is 38.8 Å². The summed E-state index contributed by atoms with van der Waals surface area (Å²) in [5, 5.41) is 0. The number of hydrogen-bond donors (Lipinski definition) is 0. The molecule has 0 fully saturated rings. The Morgan fingerprint density at radius 3 is 2.73 bits per heavy atom. The van der Waals surface area contributed by atoms with E-state index in [0.717, 1.165) is 25.7 Å². The molecule has 0 N–H and O–H groups in total. The number of allylic oxidation sites excluding steroid dienone is 2. The molecule has 0 bridgehead atoms. The third-order valence-corrected chi connectivity index (χ3v) is 3.18. The zero-order valence-electron chi connectivity index (χ0n) is 9.87. The molecular formula is C13H22O2. The molecule has 0 amide bonds. The van der Waals surface area contributed by atoms with Crippen LogP contribution in [0.3, 0.4) is 0 Å². The van der Waals surface area contributed by atoms with Crippen LogP contribution in [0.1, 0.15) is 46.0 Å². The van der Waals surface area contributed by atoms with Crippen LogP contribution in [0.2, 0.25) is 0 Å². The molecule has 0 spiro atoms. The van der Waals surface area contributed by atoms with Crippen LogP contribution >= 0.6 is 0 Å². The molecule has 0 heterocycles. The van der Waals surface area contributed by atoms with Gasteiger partial charge in [-0.05, 0) is 24.7 Å². The average Bonchev–Trinajstić information content (AvgIpc) is 2.72. The maximum absolute atomic E-state index is 11.5. The Morgan fingerprint density at radius 2 is 2.20 bits per heavy atom. The van der Waals surface area contributed by atoms with Crippen molar-refractivity contribution in [2.45, 2.75) is 46.0 Å². The molecule has 1 rings (SSSR count). The SMILES string of the molecule is CCC(CC)COC(=O)CC1C=CCC1. The number of rotatable bonds is 6. The van der Waals surface area contributed by atoms with E-state index < -0.39 is 0 Å². The summed E-state index contributed by atoms with van der Waals surface area (Å²) < 4.78 is 5.28. The first-order valence-electron chi connectivity index (χ1n) is 6.08. The molecule has 0 aliphatic heterocycles. The summed E-state index contributed by atoms with van der Waals surface area (Å²) in [6.45, 7) is 4.88.